The maximum atomic E-state index is 12.0. The summed E-state index contributed by atoms with van der Waals surface area (Å²) in [6.45, 7) is 0.906. The molecule has 90 valence electrons. The third kappa shape index (κ3) is 2.45. The quantitative estimate of drug-likeness (QED) is 0.717. The van der Waals surface area contributed by atoms with Gasteiger partial charge in [0.25, 0.3) is 0 Å². The average molecular weight is 241 g/mol. The maximum Gasteiger partial charge on any atom is 0.244 e. The molecule has 0 aromatic rings. The lowest BCUT2D eigenvalue weighted by Crippen LogP contribution is -2.49. The Balaban J connectivity index is 1.96. The zero-order valence-electron chi connectivity index (χ0n) is 9.90. The van der Waals surface area contributed by atoms with Gasteiger partial charge in [0.2, 0.25) is 5.91 Å². The van der Waals surface area contributed by atoms with Gasteiger partial charge >= 0.3 is 0 Å². The van der Waals surface area contributed by atoms with Gasteiger partial charge in [0, 0.05) is 26.7 Å². The SMILES string of the molecule is CN(C)C(=O)[C@@H]1CCCN1C(=S)NC1CC1. The van der Waals surface area contributed by atoms with Gasteiger partial charge in [-0.05, 0) is 37.9 Å². The largest absolute Gasteiger partial charge is 0.360 e. The minimum atomic E-state index is -0.0475. The van der Waals surface area contributed by atoms with Crippen molar-refractivity contribution in [1.82, 2.24) is 15.1 Å². The van der Waals surface area contributed by atoms with E-state index in [0.717, 1.165) is 24.5 Å². The van der Waals surface area contributed by atoms with E-state index in [-0.39, 0.29) is 11.9 Å². The van der Waals surface area contributed by atoms with Crippen LogP contribution in [0.15, 0.2) is 0 Å². The summed E-state index contributed by atoms with van der Waals surface area (Å²) in [7, 11) is 3.60. The van der Waals surface area contributed by atoms with Gasteiger partial charge in [-0.15, -0.1) is 0 Å². The van der Waals surface area contributed by atoms with Crippen LogP contribution in [0.3, 0.4) is 0 Å². The van der Waals surface area contributed by atoms with Crippen molar-refractivity contribution in [3.63, 3.8) is 0 Å². The Morgan fingerprint density at radius 3 is 2.62 bits per heavy atom. The molecule has 1 atom stereocenters. The fourth-order valence-corrected chi connectivity index (χ4v) is 2.43. The van der Waals surface area contributed by atoms with E-state index >= 15 is 0 Å². The van der Waals surface area contributed by atoms with Gasteiger partial charge in [-0.1, -0.05) is 0 Å². The van der Waals surface area contributed by atoms with Crippen LogP contribution in [0.1, 0.15) is 25.7 Å². The van der Waals surface area contributed by atoms with E-state index in [9.17, 15) is 4.79 Å². The number of likely N-dealkylation sites (N-methyl/N-ethyl adjacent to an activating group) is 1. The highest BCUT2D eigenvalue weighted by molar-refractivity contribution is 7.80. The number of nitrogens with zero attached hydrogens (tertiary/aromatic N) is 2. The molecular formula is C11H19N3OS. The summed E-state index contributed by atoms with van der Waals surface area (Å²) >= 11 is 5.36. The van der Waals surface area contributed by atoms with E-state index in [4.69, 9.17) is 12.2 Å². The smallest absolute Gasteiger partial charge is 0.244 e. The summed E-state index contributed by atoms with van der Waals surface area (Å²) in [5, 5.41) is 4.07. The first-order chi connectivity index (χ1) is 7.59. The van der Waals surface area contributed by atoms with Gasteiger partial charge < -0.3 is 15.1 Å². The second-order valence-corrected chi connectivity index (χ2v) is 5.19. The Labute approximate surface area is 102 Å². The zero-order valence-corrected chi connectivity index (χ0v) is 10.7. The molecule has 4 nitrogen and oxygen atoms in total. The lowest BCUT2D eigenvalue weighted by Gasteiger charge is -2.28. The minimum Gasteiger partial charge on any atom is -0.360 e. The van der Waals surface area contributed by atoms with E-state index in [2.05, 4.69) is 10.2 Å². The molecule has 0 unspecified atom stereocenters. The average Bonchev–Trinajstić information content (AvgIpc) is 2.91. The molecule has 2 aliphatic rings. The van der Waals surface area contributed by atoms with Crippen molar-refractivity contribution in [1.29, 1.82) is 0 Å². The zero-order chi connectivity index (χ0) is 11.7. The molecule has 0 bridgehead atoms. The van der Waals surface area contributed by atoms with Crippen molar-refractivity contribution in [2.24, 2.45) is 0 Å². The second-order valence-electron chi connectivity index (χ2n) is 4.81. The lowest BCUT2D eigenvalue weighted by molar-refractivity contribution is -0.132. The third-order valence-electron chi connectivity index (χ3n) is 3.14. The van der Waals surface area contributed by atoms with Crippen LogP contribution in [-0.4, -0.2) is 53.5 Å². The topological polar surface area (TPSA) is 35.6 Å². The molecule has 0 spiro atoms. The maximum absolute atomic E-state index is 12.0. The molecule has 1 saturated carbocycles. The number of thiocarbonyl (C=S) groups is 1. The molecule has 0 aromatic heterocycles. The van der Waals surface area contributed by atoms with Crippen LogP contribution in [-0.2, 0) is 4.79 Å². The highest BCUT2D eigenvalue weighted by Gasteiger charge is 2.34. The van der Waals surface area contributed by atoms with E-state index in [1.807, 2.05) is 0 Å². The first-order valence-electron chi connectivity index (χ1n) is 5.88. The number of rotatable bonds is 2. The molecule has 1 aliphatic heterocycles. The number of amides is 1. The minimum absolute atomic E-state index is 0.0475. The molecular weight excluding hydrogens is 222 g/mol. The van der Waals surface area contributed by atoms with Gasteiger partial charge in [-0.25, -0.2) is 0 Å². The monoisotopic (exact) mass is 241 g/mol. The summed E-state index contributed by atoms with van der Waals surface area (Å²) in [6.07, 6.45) is 4.39. The molecule has 2 fully saturated rings. The van der Waals surface area contributed by atoms with Crippen molar-refractivity contribution in [3.05, 3.63) is 0 Å². The molecule has 1 heterocycles. The first kappa shape index (κ1) is 11.6. The number of hydrogen-bond donors (Lipinski definition) is 1. The van der Waals surface area contributed by atoms with Gasteiger partial charge in [-0.2, -0.15) is 0 Å². The predicted molar refractivity (Wildman–Crippen MR) is 67.2 cm³/mol. The number of hydrogen-bond acceptors (Lipinski definition) is 2. The summed E-state index contributed by atoms with van der Waals surface area (Å²) in [4.78, 5) is 15.7. The van der Waals surface area contributed by atoms with Crippen LogP contribution in [0, 0.1) is 0 Å². The van der Waals surface area contributed by atoms with Gasteiger partial charge in [0.1, 0.15) is 6.04 Å². The van der Waals surface area contributed by atoms with E-state index in [0.29, 0.717) is 6.04 Å². The number of nitrogens with one attached hydrogen (secondary N) is 1. The van der Waals surface area contributed by atoms with Crippen LogP contribution in [0.4, 0.5) is 0 Å². The standard InChI is InChI=1S/C11H19N3OS/c1-13(2)10(15)9-4-3-7-14(9)11(16)12-8-5-6-8/h8-9H,3-7H2,1-2H3,(H,12,16)/t9-/m0/s1. The van der Waals surface area contributed by atoms with Gasteiger partial charge in [0.05, 0.1) is 0 Å². The number of carbonyl (C=O) groups excluding carboxylic acids is 1. The number of carbonyl (C=O) groups is 1. The van der Waals surface area contributed by atoms with E-state index in [1.165, 1.54) is 12.8 Å². The second kappa shape index (κ2) is 4.57. The van der Waals surface area contributed by atoms with Crippen LogP contribution in [0.25, 0.3) is 0 Å². The molecule has 0 aromatic carbocycles. The predicted octanol–water partition coefficient (Wildman–Crippen LogP) is 0.576. The fraction of sp³-hybridized carbons (Fsp3) is 0.818. The molecule has 16 heavy (non-hydrogen) atoms. The van der Waals surface area contributed by atoms with E-state index < -0.39 is 0 Å². The van der Waals surface area contributed by atoms with Gasteiger partial charge in [0.15, 0.2) is 5.11 Å². The lowest BCUT2D eigenvalue weighted by atomic mass is 10.2. The highest BCUT2D eigenvalue weighted by atomic mass is 32.1. The molecule has 0 radical (unpaired) electrons. The van der Waals surface area contributed by atoms with Crippen molar-refractivity contribution in [2.45, 2.75) is 37.8 Å². The van der Waals surface area contributed by atoms with Crippen LogP contribution in [0.5, 0.6) is 0 Å². The molecule has 5 heteroatoms. The van der Waals surface area contributed by atoms with Crippen molar-refractivity contribution in [2.75, 3.05) is 20.6 Å². The Hall–Kier alpha value is -0.840. The van der Waals surface area contributed by atoms with E-state index in [1.54, 1.807) is 19.0 Å². The van der Waals surface area contributed by atoms with Crippen molar-refractivity contribution in [3.8, 4) is 0 Å². The Morgan fingerprint density at radius 1 is 1.38 bits per heavy atom. The molecule has 1 aliphatic carbocycles. The van der Waals surface area contributed by atoms with Crippen LogP contribution >= 0.6 is 12.2 Å². The Bertz CT molecular complexity index is 302. The highest BCUT2D eigenvalue weighted by Crippen LogP contribution is 2.22. The summed E-state index contributed by atoms with van der Waals surface area (Å²) in [5.74, 6) is 0.164. The third-order valence-corrected chi connectivity index (χ3v) is 3.50. The summed E-state index contributed by atoms with van der Waals surface area (Å²) < 4.78 is 0. The van der Waals surface area contributed by atoms with Gasteiger partial charge in [-0.3, -0.25) is 4.79 Å². The molecule has 1 N–H and O–H groups in total. The molecule has 1 amide bonds. The first-order valence-corrected chi connectivity index (χ1v) is 6.28. The normalized spacial score (nSPS) is 24.4. The fourth-order valence-electron chi connectivity index (χ4n) is 2.05. The van der Waals surface area contributed by atoms with Crippen molar-refractivity contribution >= 4 is 23.2 Å². The Morgan fingerprint density at radius 2 is 2.06 bits per heavy atom. The molecule has 2 rings (SSSR count). The van der Waals surface area contributed by atoms with Crippen molar-refractivity contribution < 1.29 is 4.79 Å². The van der Waals surface area contributed by atoms with Crippen LogP contribution < -0.4 is 5.32 Å². The van der Waals surface area contributed by atoms with Crippen LogP contribution in [0.2, 0.25) is 0 Å². The molecule has 1 saturated heterocycles. The Kier molecular flexibility index (Phi) is 3.33. The summed E-state index contributed by atoms with van der Waals surface area (Å²) in [5.41, 5.74) is 0. The number of likely N-dealkylation sites (tertiary alicyclic amines) is 1. The summed E-state index contributed by atoms with van der Waals surface area (Å²) in [6, 6.07) is 0.511.